The fraction of sp³-hybridized carbons (Fsp3) is 0.130. The average molecular weight is 437 g/mol. The summed E-state index contributed by atoms with van der Waals surface area (Å²) < 4.78 is 0.675. The first-order chi connectivity index (χ1) is 13.5. The summed E-state index contributed by atoms with van der Waals surface area (Å²) in [5.74, 6) is -0.609. The smallest absolute Gasteiger partial charge is 0.253 e. The second-order valence-corrected chi connectivity index (χ2v) is 7.41. The van der Waals surface area contributed by atoms with E-state index in [-0.39, 0.29) is 11.8 Å². The molecule has 0 radical (unpaired) electrons. The minimum absolute atomic E-state index is 0.288. The van der Waals surface area contributed by atoms with Crippen molar-refractivity contribution in [1.82, 2.24) is 5.32 Å². The van der Waals surface area contributed by atoms with Gasteiger partial charge in [0.2, 0.25) is 0 Å². The van der Waals surface area contributed by atoms with Crippen LogP contribution in [0.3, 0.4) is 0 Å². The van der Waals surface area contributed by atoms with Crippen LogP contribution in [0.2, 0.25) is 0 Å². The molecule has 0 fully saturated rings. The van der Waals surface area contributed by atoms with Crippen LogP contribution in [0.4, 0.5) is 5.69 Å². The number of hydrogen-bond acceptors (Lipinski definition) is 2. The molecule has 2 amide bonds. The van der Waals surface area contributed by atoms with Gasteiger partial charge in [-0.3, -0.25) is 9.59 Å². The van der Waals surface area contributed by atoms with Crippen LogP contribution in [0.5, 0.6) is 0 Å². The molecule has 1 atom stereocenters. The molecule has 2 N–H and O–H groups in total. The first-order valence-corrected chi connectivity index (χ1v) is 9.74. The first kappa shape index (κ1) is 19.8. The molecule has 28 heavy (non-hydrogen) atoms. The second kappa shape index (κ2) is 8.85. The lowest BCUT2D eigenvalue weighted by Gasteiger charge is -2.21. The molecule has 0 spiro atoms. The van der Waals surface area contributed by atoms with Crippen LogP contribution in [-0.2, 0) is 4.79 Å². The third-order valence-corrected chi connectivity index (χ3v) is 5.21. The summed E-state index contributed by atoms with van der Waals surface area (Å²) in [4.78, 5) is 26.0. The van der Waals surface area contributed by atoms with Gasteiger partial charge in [-0.25, -0.2) is 0 Å². The van der Waals surface area contributed by atoms with Crippen molar-refractivity contribution in [2.24, 2.45) is 0 Å². The Labute approximate surface area is 173 Å². The Hall–Kier alpha value is -2.92. The summed E-state index contributed by atoms with van der Waals surface area (Å²) >= 11 is 3.39. The van der Waals surface area contributed by atoms with E-state index in [0.29, 0.717) is 15.6 Å². The highest BCUT2D eigenvalue weighted by atomic mass is 79.9. The van der Waals surface area contributed by atoms with E-state index in [0.717, 1.165) is 16.8 Å². The van der Waals surface area contributed by atoms with E-state index >= 15 is 0 Å². The van der Waals surface area contributed by atoms with Gasteiger partial charge in [-0.05, 0) is 58.6 Å². The third-order valence-electron chi connectivity index (χ3n) is 4.52. The van der Waals surface area contributed by atoms with Crippen molar-refractivity contribution in [2.45, 2.75) is 19.9 Å². The van der Waals surface area contributed by atoms with Crippen LogP contribution < -0.4 is 10.6 Å². The number of anilines is 1. The Morgan fingerprint density at radius 1 is 0.821 bits per heavy atom. The van der Waals surface area contributed by atoms with Gasteiger partial charge < -0.3 is 10.6 Å². The van der Waals surface area contributed by atoms with Gasteiger partial charge in [-0.1, -0.05) is 60.7 Å². The zero-order valence-electron chi connectivity index (χ0n) is 15.7. The summed E-state index contributed by atoms with van der Waals surface area (Å²) in [5, 5.41) is 5.85. The minimum Gasteiger partial charge on any atom is -0.336 e. The third kappa shape index (κ3) is 4.49. The van der Waals surface area contributed by atoms with Gasteiger partial charge in [-0.15, -0.1) is 0 Å². The molecule has 1 unspecified atom stereocenters. The van der Waals surface area contributed by atoms with Crippen LogP contribution in [0, 0.1) is 13.8 Å². The van der Waals surface area contributed by atoms with Gasteiger partial charge in [0.05, 0.1) is 5.56 Å². The molecule has 0 saturated carbocycles. The Bertz CT molecular complexity index is 982. The number of hydrogen-bond donors (Lipinski definition) is 2. The molecule has 3 aromatic carbocycles. The lowest BCUT2D eigenvalue weighted by molar-refractivity contribution is -0.118. The fourth-order valence-electron chi connectivity index (χ4n) is 3.01. The van der Waals surface area contributed by atoms with Crippen LogP contribution in [-0.4, -0.2) is 11.8 Å². The fourth-order valence-corrected chi connectivity index (χ4v) is 3.47. The van der Waals surface area contributed by atoms with Gasteiger partial charge in [0, 0.05) is 10.2 Å². The zero-order chi connectivity index (χ0) is 20.1. The maximum Gasteiger partial charge on any atom is 0.253 e. The molecule has 3 aromatic rings. The average Bonchev–Trinajstić information content (AvgIpc) is 2.69. The van der Waals surface area contributed by atoms with Crippen molar-refractivity contribution in [3.8, 4) is 0 Å². The second-order valence-electron chi connectivity index (χ2n) is 6.55. The predicted octanol–water partition coefficient (Wildman–Crippen LogP) is 5.18. The molecule has 0 saturated heterocycles. The summed E-state index contributed by atoms with van der Waals surface area (Å²) in [6, 6.07) is 21.4. The summed E-state index contributed by atoms with van der Waals surface area (Å²) in [5.41, 5.74) is 3.90. The van der Waals surface area contributed by atoms with Crippen molar-refractivity contribution in [3.63, 3.8) is 0 Å². The van der Waals surface area contributed by atoms with Gasteiger partial charge >= 0.3 is 0 Å². The van der Waals surface area contributed by atoms with Crippen molar-refractivity contribution in [3.05, 3.63) is 99.5 Å². The van der Waals surface area contributed by atoms with E-state index < -0.39 is 6.04 Å². The van der Waals surface area contributed by atoms with Crippen molar-refractivity contribution in [2.75, 3.05) is 5.32 Å². The number of para-hydroxylation sites is 1. The van der Waals surface area contributed by atoms with Crippen LogP contribution in [0.1, 0.15) is 33.1 Å². The number of halogens is 1. The summed E-state index contributed by atoms with van der Waals surface area (Å²) in [6.07, 6.45) is 0. The standard InChI is InChI=1S/C23H21BrN2O2/c1-15-9-8-10-16(2)20(15)25-23(28)21(17-11-4-3-5-12-17)26-22(27)18-13-6-7-14-19(18)24/h3-14,21H,1-2H3,(H,25,28)(H,26,27). The minimum atomic E-state index is -0.820. The van der Waals surface area contributed by atoms with Crippen LogP contribution in [0.15, 0.2) is 77.3 Å². The van der Waals surface area contributed by atoms with Gasteiger partial charge in [0.1, 0.15) is 6.04 Å². The molecule has 3 rings (SSSR count). The Balaban J connectivity index is 1.90. The van der Waals surface area contributed by atoms with Crippen molar-refractivity contribution in [1.29, 1.82) is 0 Å². The maximum atomic E-state index is 13.1. The number of carbonyl (C=O) groups is 2. The molecule has 0 bridgehead atoms. The number of aryl methyl sites for hydroxylation is 2. The molecule has 0 aliphatic heterocycles. The quantitative estimate of drug-likeness (QED) is 0.578. The Morgan fingerprint density at radius 3 is 2.07 bits per heavy atom. The Kier molecular flexibility index (Phi) is 6.26. The molecule has 5 heteroatoms. The van der Waals surface area contributed by atoms with Crippen LogP contribution >= 0.6 is 15.9 Å². The van der Waals surface area contributed by atoms with Gasteiger partial charge in [-0.2, -0.15) is 0 Å². The molecule has 0 aromatic heterocycles. The van der Waals surface area contributed by atoms with E-state index in [4.69, 9.17) is 0 Å². The number of amides is 2. The molecule has 142 valence electrons. The first-order valence-electron chi connectivity index (χ1n) is 8.95. The molecular weight excluding hydrogens is 416 g/mol. The molecule has 4 nitrogen and oxygen atoms in total. The maximum absolute atomic E-state index is 13.1. The molecule has 0 heterocycles. The number of carbonyl (C=O) groups excluding carboxylic acids is 2. The normalized spacial score (nSPS) is 11.5. The lowest BCUT2D eigenvalue weighted by atomic mass is 10.0. The molecule has 0 aliphatic rings. The SMILES string of the molecule is Cc1cccc(C)c1NC(=O)C(NC(=O)c1ccccc1Br)c1ccccc1. The van der Waals surface area contributed by atoms with Crippen molar-refractivity contribution >= 4 is 33.4 Å². The Morgan fingerprint density at radius 2 is 1.43 bits per heavy atom. The van der Waals surface area contributed by atoms with Gasteiger partial charge in [0.15, 0.2) is 0 Å². The topological polar surface area (TPSA) is 58.2 Å². The van der Waals surface area contributed by atoms with Crippen molar-refractivity contribution < 1.29 is 9.59 Å². The van der Waals surface area contributed by atoms with Gasteiger partial charge in [0.25, 0.3) is 11.8 Å². The number of benzene rings is 3. The predicted molar refractivity (Wildman–Crippen MR) is 115 cm³/mol. The molecular formula is C23H21BrN2O2. The van der Waals surface area contributed by atoms with E-state index in [1.165, 1.54) is 0 Å². The highest BCUT2D eigenvalue weighted by molar-refractivity contribution is 9.10. The van der Waals surface area contributed by atoms with Crippen LogP contribution in [0.25, 0.3) is 0 Å². The number of rotatable bonds is 5. The lowest BCUT2D eigenvalue weighted by Crippen LogP contribution is -2.37. The zero-order valence-corrected chi connectivity index (χ0v) is 17.3. The summed E-state index contributed by atoms with van der Waals surface area (Å²) in [7, 11) is 0. The van der Waals surface area contributed by atoms with E-state index in [1.807, 2.05) is 68.4 Å². The van der Waals surface area contributed by atoms with E-state index in [9.17, 15) is 9.59 Å². The largest absolute Gasteiger partial charge is 0.336 e. The highest BCUT2D eigenvalue weighted by Gasteiger charge is 2.25. The number of nitrogens with one attached hydrogen (secondary N) is 2. The monoisotopic (exact) mass is 436 g/mol. The summed E-state index contributed by atoms with van der Waals surface area (Å²) in [6.45, 7) is 3.89. The van der Waals surface area contributed by atoms with E-state index in [2.05, 4.69) is 26.6 Å². The molecule has 0 aliphatic carbocycles. The highest BCUT2D eigenvalue weighted by Crippen LogP contribution is 2.23. The van der Waals surface area contributed by atoms with E-state index in [1.54, 1.807) is 18.2 Å².